The Morgan fingerprint density at radius 1 is 1.31 bits per heavy atom. The van der Waals surface area contributed by atoms with Gasteiger partial charge in [-0.2, -0.15) is 0 Å². The van der Waals surface area contributed by atoms with E-state index in [-0.39, 0.29) is 0 Å². The van der Waals surface area contributed by atoms with Gasteiger partial charge in [0, 0.05) is 11.6 Å². The predicted octanol–water partition coefficient (Wildman–Crippen LogP) is 2.33. The van der Waals surface area contributed by atoms with E-state index in [0.717, 1.165) is 6.07 Å². The molecule has 1 nitrogen and oxygen atoms in total. The monoisotopic (exact) mass is 183 g/mol. The van der Waals surface area contributed by atoms with Crippen molar-refractivity contribution in [2.24, 2.45) is 5.73 Å². The van der Waals surface area contributed by atoms with Gasteiger partial charge in [-0.15, -0.1) is 0 Å². The van der Waals surface area contributed by atoms with Gasteiger partial charge in [0.05, 0.1) is 0 Å². The number of hydrogen-bond donors (Lipinski definition) is 1. The van der Waals surface area contributed by atoms with Crippen LogP contribution in [0.1, 0.15) is 12.0 Å². The standard InChI is InChI=1S/C10H11F2N/c11-9-5-4-8(10(12)7-9)3-1-2-6-13/h1,3-5,7H,2,6,13H2/b3-1+. The smallest absolute Gasteiger partial charge is 0.133 e. The second kappa shape index (κ2) is 4.72. The molecule has 3 heteroatoms. The van der Waals surface area contributed by atoms with E-state index in [0.29, 0.717) is 18.5 Å². The fourth-order valence-corrected chi connectivity index (χ4v) is 0.943. The summed E-state index contributed by atoms with van der Waals surface area (Å²) in [5.41, 5.74) is 5.63. The number of hydrogen-bond acceptors (Lipinski definition) is 1. The molecule has 0 saturated carbocycles. The fraction of sp³-hybridized carbons (Fsp3) is 0.200. The average molecular weight is 183 g/mol. The van der Waals surface area contributed by atoms with Gasteiger partial charge in [0.25, 0.3) is 0 Å². The molecule has 0 aliphatic carbocycles. The van der Waals surface area contributed by atoms with Crippen molar-refractivity contribution >= 4 is 6.08 Å². The van der Waals surface area contributed by atoms with Gasteiger partial charge in [0.2, 0.25) is 0 Å². The Balaban J connectivity index is 2.77. The van der Waals surface area contributed by atoms with Crippen LogP contribution in [0.4, 0.5) is 8.78 Å². The lowest BCUT2D eigenvalue weighted by Crippen LogP contribution is -1.95. The number of halogens is 2. The Kier molecular flexibility index (Phi) is 3.58. The van der Waals surface area contributed by atoms with E-state index in [1.165, 1.54) is 12.1 Å². The summed E-state index contributed by atoms with van der Waals surface area (Å²) >= 11 is 0. The molecule has 1 aromatic carbocycles. The molecule has 1 aromatic rings. The normalized spacial score (nSPS) is 11.0. The van der Waals surface area contributed by atoms with Gasteiger partial charge >= 0.3 is 0 Å². The van der Waals surface area contributed by atoms with Crippen molar-refractivity contribution in [2.75, 3.05) is 6.54 Å². The molecular formula is C10H11F2N. The molecule has 0 bridgehead atoms. The van der Waals surface area contributed by atoms with Crippen molar-refractivity contribution in [3.8, 4) is 0 Å². The molecule has 2 N–H and O–H groups in total. The first-order chi connectivity index (χ1) is 6.24. The van der Waals surface area contributed by atoms with Crippen molar-refractivity contribution in [3.63, 3.8) is 0 Å². The summed E-state index contributed by atoms with van der Waals surface area (Å²) in [7, 11) is 0. The van der Waals surface area contributed by atoms with E-state index in [2.05, 4.69) is 0 Å². The molecule has 0 heterocycles. The van der Waals surface area contributed by atoms with Crippen LogP contribution in [0.5, 0.6) is 0 Å². The maximum absolute atomic E-state index is 13.0. The van der Waals surface area contributed by atoms with Crippen LogP contribution < -0.4 is 5.73 Å². The second-order valence-electron chi connectivity index (χ2n) is 2.65. The van der Waals surface area contributed by atoms with Gasteiger partial charge in [-0.05, 0) is 25.1 Å². The van der Waals surface area contributed by atoms with Gasteiger partial charge < -0.3 is 5.73 Å². The first-order valence-electron chi connectivity index (χ1n) is 4.05. The minimum Gasteiger partial charge on any atom is -0.330 e. The summed E-state index contributed by atoms with van der Waals surface area (Å²) in [5, 5.41) is 0. The minimum atomic E-state index is -0.562. The lowest BCUT2D eigenvalue weighted by molar-refractivity contribution is 0.581. The van der Waals surface area contributed by atoms with Crippen LogP contribution in [-0.4, -0.2) is 6.54 Å². The topological polar surface area (TPSA) is 26.0 Å². The van der Waals surface area contributed by atoms with Gasteiger partial charge in [-0.25, -0.2) is 8.78 Å². The highest BCUT2D eigenvalue weighted by Gasteiger charge is 1.98. The Hall–Kier alpha value is -1.22. The van der Waals surface area contributed by atoms with Crippen LogP contribution in [0.3, 0.4) is 0 Å². The maximum Gasteiger partial charge on any atom is 0.133 e. The number of nitrogens with two attached hydrogens (primary N) is 1. The summed E-state index contributed by atoms with van der Waals surface area (Å²) in [4.78, 5) is 0. The summed E-state index contributed by atoms with van der Waals surface area (Å²) in [5.74, 6) is -1.11. The molecule has 0 aliphatic heterocycles. The zero-order valence-electron chi connectivity index (χ0n) is 7.13. The number of rotatable bonds is 3. The molecule has 13 heavy (non-hydrogen) atoms. The molecule has 1 rings (SSSR count). The summed E-state index contributed by atoms with van der Waals surface area (Å²) in [6.45, 7) is 0.527. The molecule has 0 amide bonds. The fourth-order valence-electron chi connectivity index (χ4n) is 0.943. The SMILES string of the molecule is NCC/C=C/c1ccc(F)cc1F. The first-order valence-corrected chi connectivity index (χ1v) is 4.05. The molecule has 0 atom stereocenters. The van der Waals surface area contributed by atoms with E-state index in [9.17, 15) is 8.78 Å². The van der Waals surface area contributed by atoms with Crippen molar-refractivity contribution in [1.82, 2.24) is 0 Å². The van der Waals surface area contributed by atoms with Gasteiger partial charge in [-0.1, -0.05) is 12.2 Å². The molecule has 0 aromatic heterocycles. The highest BCUT2D eigenvalue weighted by molar-refractivity contribution is 5.49. The molecule has 0 aliphatic rings. The molecule has 0 unspecified atom stereocenters. The Bertz CT molecular complexity index is 308. The minimum absolute atomic E-state index is 0.384. The van der Waals surface area contributed by atoms with E-state index < -0.39 is 11.6 Å². The van der Waals surface area contributed by atoms with E-state index in [1.54, 1.807) is 12.2 Å². The summed E-state index contributed by atoms with van der Waals surface area (Å²) in [6.07, 6.45) is 4.05. The zero-order chi connectivity index (χ0) is 9.68. The van der Waals surface area contributed by atoms with Crippen LogP contribution in [0.15, 0.2) is 24.3 Å². The number of benzene rings is 1. The Morgan fingerprint density at radius 2 is 2.08 bits per heavy atom. The van der Waals surface area contributed by atoms with Gasteiger partial charge in [0.1, 0.15) is 11.6 Å². The quantitative estimate of drug-likeness (QED) is 0.764. The summed E-state index contributed by atoms with van der Waals surface area (Å²) < 4.78 is 25.4. The van der Waals surface area contributed by atoms with Crippen LogP contribution in [-0.2, 0) is 0 Å². The predicted molar refractivity (Wildman–Crippen MR) is 49.1 cm³/mol. The maximum atomic E-state index is 13.0. The molecule has 0 radical (unpaired) electrons. The summed E-state index contributed by atoms with van der Waals surface area (Å²) in [6, 6.07) is 3.49. The zero-order valence-corrected chi connectivity index (χ0v) is 7.13. The largest absolute Gasteiger partial charge is 0.330 e. The highest BCUT2D eigenvalue weighted by atomic mass is 19.1. The van der Waals surface area contributed by atoms with E-state index >= 15 is 0 Å². The molecule has 0 saturated heterocycles. The Labute approximate surface area is 75.9 Å². The molecule has 70 valence electrons. The molecule has 0 spiro atoms. The highest BCUT2D eigenvalue weighted by Crippen LogP contribution is 2.11. The van der Waals surface area contributed by atoms with Crippen molar-refractivity contribution in [1.29, 1.82) is 0 Å². The lowest BCUT2D eigenvalue weighted by atomic mass is 10.2. The second-order valence-corrected chi connectivity index (χ2v) is 2.65. The average Bonchev–Trinajstić information content (AvgIpc) is 2.09. The van der Waals surface area contributed by atoms with Crippen LogP contribution in [0.25, 0.3) is 6.08 Å². The Morgan fingerprint density at radius 3 is 2.69 bits per heavy atom. The lowest BCUT2D eigenvalue weighted by Gasteiger charge is -1.95. The van der Waals surface area contributed by atoms with Gasteiger partial charge in [0.15, 0.2) is 0 Å². The van der Waals surface area contributed by atoms with E-state index in [4.69, 9.17) is 5.73 Å². The third kappa shape index (κ3) is 2.95. The van der Waals surface area contributed by atoms with Crippen LogP contribution in [0.2, 0.25) is 0 Å². The third-order valence-corrected chi connectivity index (χ3v) is 1.59. The van der Waals surface area contributed by atoms with Crippen molar-refractivity contribution in [2.45, 2.75) is 6.42 Å². The van der Waals surface area contributed by atoms with Crippen LogP contribution in [0, 0.1) is 11.6 Å². The van der Waals surface area contributed by atoms with Crippen molar-refractivity contribution in [3.05, 3.63) is 41.5 Å². The first kappa shape index (κ1) is 9.86. The van der Waals surface area contributed by atoms with E-state index in [1.807, 2.05) is 0 Å². The van der Waals surface area contributed by atoms with Crippen molar-refractivity contribution < 1.29 is 8.78 Å². The third-order valence-electron chi connectivity index (χ3n) is 1.59. The molecule has 0 fully saturated rings. The molecular weight excluding hydrogens is 172 g/mol. The van der Waals surface area contributed by atoms with Gasteiger partial charge in [-0.3, -0.25) is 0 Å². The van der Waals surface area contributed by atoms with Crippen LogP contribution >= 0.6 is 0 Å².